The maximum atomic E-state index is 12.9. The molecule has 3 aromatic heterocycles. The van der Waals surface area contributed by atoms with Gasteiger partial charge in [-0.05, 0) is 32.3 Å². The van der Waals surface area contributed by atoms with E-state index in [0.29, 0.717) is 5.82 Å². The minimum Gasteiger partial charge on any atom is -0.364 e. The van der Waals surface area contributed by atoms with Crippen molar-refractivity contribution in [3.63, 3.8) is 0 Å². The zero-order valence-corrected chi connectivity index (χ0v) is 19.4. The lowest BCUT2D eigenvalue weighted by Crippen LogP contribution is -2.27. The molecule has 0 saturated heterocycles. The second-order valence-corrected chi connectivity index (χ2v) is 8.86. The standard InChI is InChI=1S/C24H28N8O2/c1-12-9-27-22(21-19(12)20-16(11-31(4)30-20)13(2)32(21)5)28-17-8-18(29-23(33)14-6-7-14)26-10-15(17)24(34)25-3/h8-11,13-14H,6-7H2,1-5H3,(H,25,34)(H2,26,27,28,29,33)/t13-/m0/s1/i3D3. The van der Waals surface area contributed by atoms with Gasteiger partial charge in [0.1, 0.15) is 11.5 Å². The van der Waals surface area contributed by atoms with Crippen molar-refractivity contribution in [1.82, 2.24) is 25.1 Å². The smallest absolute Gasteiger partial charge is 0.254 e. The predicted octanol–water partition coefficient (Wildman–Crippen LogP) is 3.15. The second-order valence-electron chi connectivity index (χ2n) is 8.86. The highest BCUT2D eigenvalue weighted by molar-refractivity contribution is 6.02. The fourth-order valence-corrected chi connectivity index (χ4v) is 4.31. The first kappa shape index (κ1) is 18.5. The Kier molecular flexibility index (Phi) is 4.41. The van der Waals surface area contributed by atoms with Crippen molar-refractivity contribution >= 4 is 34.8 Å². The third kappa shape index (κ3) is 3.64. The van der Waals surface area contributed by atoms with E-state index in [2.05, 4.69) is 32.4 Å². The lowest BCUT2D eigenvalue weighted by Gasteiger charge is -2.35. The van der Waals surface area contributed by atoms with Gasteiger partial charge in [-0.2, -0.15) is 5.10 Å². The van der Waals surface area contributed by atoms with Crippen LogP contribution in [0.15, 0.2) is 24.7 Å². The molecular weight excluding hydrogens is 432 g/mol. The lowest BCUT2D eigenvalue weighted by atomic mass is 9.93. The summed E-state index contributed by atoms with van der Waals surface area (Å²) >= 11 is 0. The number of fused-ring (bicyclic) bond motifs is 3. The summed E-state index contributed by atoms with van der Waals surface area (Å²) in [7, 11) is 3.84. The van der Waals surface area contributed by atoms with E-state index < -0.39 is 12.9 Å². The van der Waals surface area contributed by atoms with Crippen LogP contribution in [-0.2, 0) is 11.8 Å². The number of nitrogens with one attached hydrogen (secondary N) is 3. The molecule has 0 bridgehead atoms. The topological polar surface area (TPSA) is 117 Å². The van der Waals surface area contributed by atoms with Crippen LogP contribution in [0.25, 0.3) is 11.3 Å². The predicted molar refractivity (Wildman–Crippen MR) is 130 cm³/mol. The van der Waals surface area contributed by atoms with Crippen LogP contribution in [0.2, 0.25) is 0 Å². The van der Waals surface area contributed by atoms with Gasteiger partial charge in [0.15, 0.2) is 5.82 Å². The molecule has 2 aliphatic rings. The third-order valence-corrected chi connectivity index (χ3v) is 6.43. The summed E-state index contributed by atoms with van der Waals surface area (Å²) in [6, 6.07) is 1.52. The van der Waals surface area contributed by atoms with Gasteiger partial charge in [-0.15, -0.1) is 0 Å². The van der Waals surface area contributed by atoms with Crippen molar-refractivity contribution in [3.8, 4) is 11.3 Å². The number of pyridine rings is 2. The summed E-state index contributed by atoms with van der Waals surface area (Å²) in [5.41, 5.74) is 4.85. The number of carbonyl (C=O) groups excluding carboxylic acids is 2. The summed E-state index contributed by atoms with van der Waals surface area (Å²) in [5.74, 6) is -0.297. The first-order chi connectivity index (χ1) is 17.4. The highest BCUT2D eigenvalue weighted by Gasteiger charge is 2.33. The number of anilines is 4. The minimum absolute atomic E-state index is 0.00158. The number of amides is 2. The molecule has 3 aromatic rings. The van der Waals surface area contributed by atoms with Crippen LogP contribution in [0.3, 0.4) is 0 Å². The first-order valence-corrected chi connectivity index (χ1v) is 11.1. The summed E-state index contributed by atoms with van der Waals surface area (Å²) in [4.78, 5) is 36.1. The molecule has 1 saturated carbocycles. The summed E-state index contributed by atoms with van der Waals surface area (Å²) in [6.45, 7) is 1.35. The van der Waals surface area contributed by atoms with E-state index >= 15 is 0 Å². The van der Waals surface area contributed by atoms with E-state index in [4.69, 9.17) is 9.21 Å². The molecule has 4 heterocycles. The molecule has 0 unspecified atom stereocenters. The highest BCUT2D eigenvalue weighted by Crippen LogP contribution is 2.48. The van der Waals surface area contributed by atoms with E-state index in [1.807, 2.05) is 32.5 Å². The summed E-state index contributed by atoms with van der Waals surface area (Å²) in [5, 5.41) is 12.7. The van der Waals surface area contributed by atoms with Gasteiger partial charge in [-0.3, -0.25) is 14.3 Å². The van der Waals surface area contributed by atoms with Crippen LogP contribution in [0, 0.1) is 12.8 Å². The van der Waals surface area contributed by atoms with Crippen LogP contribution in [-0.4, -0.2) is 45.6 Å². The van der Waals surface area contributed by atoms with Gasteiger partial charge in [0.2, 0.25) is 5.91 Å². The van der Waals surface area contributed by atoms with Gasteiger partial charge in [0.25, 0.3) is 5.91 Å². The number of carbonyl (C=O) groups is 2. The van der Waals surface area contributed by atoms with Crippen LogP contribution in [0.5, 0.6) is 0 Å². The van der Waals surface area contributed by atoms with E-state index in [-0.39, 0.29) is 34.9 Å². The fraction of sp³-hybridized carbons (Fsp3) is 0.375. The van der Waals surface area contributed by atoms with Gasteiger partial charge < -0.3 is 20.9 Å². The number of hydrogen-bond acceptors (Lipinski definition) is 7. The van der Waals surface area contributed by atoms with Gasteiger partial charge in [-0.1, -0.05) is 0 Å². The monoisotopic (exact) mass is 463 g/mol. The van der Waals surface area contributed by atoms with Crippen molar-refractivity contribution < 1.29 is 13.7 Å². The average Bonchev–Trinajstić information content (AvgIpc) is 3.59. The average molecular weight is 464 g/mol. The number of aromatic nitrogens is 4. The Labute approximate surface area is 202 Å². The van der Waals surface area contributed by atoms with Gasteiger partial charge in [0, 0.05) is 66.9 Å². The number of rotatable bonds is 5. The molecule has 1 fully saturated rings. The van der Waals surface area contributed by atoms with Gasteiger partial charge in [0.05, 0.1) is 23.0 Å². The minimum atomic E-state index is -2.68. The number of aryl methyl sites for hydroxylation is 2. The summed E-state index contributed by atoms with van der Waals surface area (Å²) in [6.07, 6.45) is 6.63. The van der Waals surface area contributed by atoms with Crippen molar-refractivity contribution in [1.29, 1.82) is 0 Å². The Morgan fingerprint density at radius 2 is 2.00 bits per heavy atom. The van der Waals surface area contributed by atoms with Crippen LogP contribution in [0.4, 0.5) is 23.0 Å². The van der Waals surface area contributed by atoms with Gasteiger partial charge in [-0.25, -0.2) is 9.97 Å². The van der Waals surface area contributed by atoms with E-state index in [9.17, 15) is 9.59 Å². The molecule has 176 valence electrons. The molecule has 0 spiro atoms. The molecule has 0 aromatic carbocycles. The fourth-order valence-electron chi connectivity index (χ4n) is 4.31. The molecule has 2 amide bonds. The van der Waals surface area contributed by atoms with Crippen LogP contribution in [0.1, 0.15) is 51.4 Å². The van der Waals surface area contributed by atoms with E-state index in [1.165, 1.54) is 12.3 Å². The zero-order valence-electron chi connectivity index (χ0n) is 22.4. The molecule has 3 N–H and O–H groups in total. The highest BCUT2D eigenvalue weighted by atomic mass is 16.2. The lowest BCUT2D eigenvalue weighted by molar-refractivity contribution is -0.117. The third-order valence-electron chi connectivity index (χ3n) is 6.43. The van der Waals surface area contributed by atoms with E-state index in [1.54, 1.807) is 10.9 Å². The zero-order chi connectivity index (χ0) is 26.6. The Bertz CT molecular complexity index is 1410. The largest absolute Gasteiger partial charge is 0.364 e. The Morgan fingerprint density at radius 3 is 2.74 bits per heavy atom. The Morgan fingerprint density at radius 1 is 1.21 bits per heavy atom. The normalized spacial score (nSPS) is 18.2. The SMILES string of the molecule is [2H]C([2H])([2H])NC(=O)c1cnc(NC(=O)C2CC2)cc1Nc1ncc(C)c2c1N(C)[C@@H](C)c1cn(C)nc1-2. The van der Waals surface area contributed by atoms with Crippen molar-refractivity contribution in [2.24, 2.45) is 13.0 Å². The molecule has 1 aliphatic heterocycles. The first-order valence-electron chi connectivity index (χ1n) is 12.6. The number of nitrogens with zero attached hydrogens (tertiary/aromatic N) is 5. The Balaban J connectivity index is 1.59. The molecule has 34 heavy (non-hydrogen) atoms. The molecular formula is C24H28N8O2. The molecule has 0 radical (unpaired) electrons. The number of hydrogen-bond donors (Lipinski definition) is 3. The summed E-state index contributed by atoms with van der Waals surface area (Å²) < 4.78 is 24.1. The Hall–Kier alpha value is -3.95. The van der Waals surface area contributed by atoms with Crippen molar-refractivity contribution in [2.45, 2.75) is 32.7 Å². The molecule has 1 aliphatic carbocycles. The van der Waals surface area contributed by atoms with Crippen LogP contribution < -0.4 is 20.9 Å². The maximum Gasteiger partial charge on any atom is 0.254 e. The van der Waals surface area contributed by atoms with Crippen molar-refractivity contribution in [2.75, 3.05) is 29.6 Å². The van der Waals surface area contributed by atoms with Crippen molar-refractivity contribution in [3.05, 3.63) is 41.3 Å². The molecule has 5 rings (SSSR count). The van der Waals surface area contributed by atoms with Crippen LogP contribution >= 0.6 is 0 Å². The molecule has 10 heteroatoms. The molecule has 1 atom stereocenters. The second kappa shape index (κ2) is 8.12. The maximum absolute atomic E-state index is 12.9. The van der Waals surface area contributed by atoms with E-state index in [0.717, 1.165) is 40.9 Å². The quantitative estimate of drug-likeness (QED) is 0.532. The molecule has 10 nitrogen and oxygen atoms in total. The van der Waals surface area contributed by atoms with Gasteiger partial charge >= 0.3 is 0 Å².